The zero-order chi connectivity index (χ0) is 19.4. The number of carboxylic acid groups (broad SMARTS) is 1. The molecule has 1 saturated carbocycles. The average Bonchev–Trinajstić information content (AvgIpc) is 2.55. The van der Waals surface area contributed by atoms with Crippen LogP contribution in [0.5, 0.6) is 0 Å². The highest BCUT2D eigenvalue weighted by Gasteiger charge is 2.39. The van der Waals surface area contributed by atoms with E-state index >= 15 is 0 Å². The molecule has 0 radical (unpaired) electrons. The minimum Gasteiger partial charge on any atom is -0.507 e. The van der Waals surface area contributed by atoms with E-state index in [-0.39, 0.29) is 35.5 Å². The predicted octanol–water partition coefficient (Wildman–Crippen LogP) is 3.07. The molecule has 146 valence electrons. The van der Waals surface area contributed by atoms with Gasteiger partial charge in [0.25, 0.3) is 0 Å². The minimum atomic E-state index is -1.24. The van der Waals surface area contributed by atoms with Crippen LogP contribution in [0.25, 0.3) is 0 Å². The number of hydrogen-bond donors (Lipinski definition) is 4. The summed E-state index contributed by atoms with van der Waals surface area (Å²) in [5.74, 6) is -1.28. The highest BCUT2D eigenvalue weighted by Crippen LogP contribution is 2.37. The van der Waals surface area contributed by atoms with E-state index in [0.717, 1.165) is 5.57 Å². The largest absolute Gasteiger partial charge is 0.507 e. The van der Waals surface area contributed by atoms with Gasteiger partial charge in [-0.2, -0.15) is 0 Å². The summed E-state index contributed by atoms with van der Waals surface area (Å²) in [6, 6.07) is 0. The summed E-state index contributed by atoms with van der Waals surface area (Å²) in [5, 5.41) is 40.0. The summed E-state index contributed by atoms with van der Waals surface area (Å²) in [6.07, 6.45) is 3.14. The first-order valence-corrected chi connectivity index (χ1v) is 9.21. The summed E-state index contributed by atoms with van der Waals surface area (Å²) < 4.78 is 5.89. The number of rotatable bonds is 6. The van der Waals surface area contributed by atoms with Gasteiger partial charge in [-0.05, 0) is 51.0 Å². The van der Waals surface area contributed by atoms with E-state index in [1.807, 2.05) is 26.8 Å². The first kappa shape index (κ1) is 20.5. The highest BCUT2D eigenvalue weighted by atomic mass is 16.5. The zero-order valence-electron chi connectivity index (χ0n) is 15.7. The lowest BCUT2D eigenvalue weighted by atomic mass is 9.78. The molecule has 0 saturated heterocycles. The number of hydrogen-bond acceptors (Lipinski definition) is 5. The molecule has 4 unspecified atom stereocenters. The minimum absolute atomic E-state index is 0.130. The fourth-order valence-corrected chi connectivity index (χ4v) is 3.81. The first-order valence-electron chi connectivity index (χ1n) is 9.21. The number of ether oxygens (including phenoxy) is 1. The van der Waals surface area contributed by atoms with Crippen molar-refractivity contribution in [1.29, 1.82) is 0 Å². The van der Waals surface area contributed by atoms with Crippen molar-refractivity contribution in [2.75, 3.05) is 6.61 Å². The zero-order valence-corrected chi connectivity index (χ0v) is 15.7. The molecule has 2 aliphatic carbocycles. The maximum absolute atomic E-state index is 11.7. The average molecular weight is 366 g/mol. The lowest BCUT2D eigenvalue weighted by Crippen LogP contribution is -2.44. The molecule has 0 amide bonds. The monoisotopic (exact) mass is 366 g/mol. The smallest absolute Gasteiger partial charge is 0.342 e. The third-order valence-corrected chi connectivity index (χ3v) is 5.18. The summed E-state index contributed by atoms with van der Waals surface area (Å²) >= 11 is 0. The van der Waals surface area contributed by atoms with Crippen LogP contribution in [0.15, 0.2) is 34.3 Å². The number of carbonyl (C=O) groups is 1. The Morgan fingerprint density at radius 1 is 1.27 bits per heavy atom. The van der Waals surface area contributed by atoms with Crippen molar-refractivity contribution in [3.05, 3.63) is 34.3 Å². The van der Waals surface area contributed by atoms with Gasteiger partial charge < -0.3 is 25.2 Å². The SMILES string of the molecule is CC(C)=CCC1=C(O)C(C(=O)O)=C(OC2C(O)CC(C)CC2CO)CC1. The number of aliphatic hydroxyl groups is 3. The lowest BCUT2D eigenvalue weighted by Gasteiger charge is -2.39. The topological polar surface area (TPSA) is 107 Å². The number of carboxylic acids is 1. The van der Waals surface area contributed by atoms with Gasteiger partial charge in [0.05, 0.1) is 6.10 Å². The van der Waals surface area contributed by atoms with Gasteiger partial charge in [-0.1, -0.05) is 18.6 Å². The van der Waals surface area contributed by atoms with Crippen LogP contribution in [0.1, 0.15) is 52.9 Å². The van der Waals surface area contributed by atoms with Crippen LogP contribution in [-0.2, 0) is 9.53 Å². The summed E-state index contributed by atoms with van der Waals surface area (Å²) in [5.41, 5.74) is 1.54. The fourth-order valence-electron chi connectivity index (χ4n) is 3.81. The van der Waals surface area contributed by atoms with Gasteiger partial charge in [0, 0.05) is 18.9 Å². The van der Waals surface area contributed by atoms with Gasteiger partial charge in [-0.3, -0.25) is 0 Å². The van der Waals surface area contributed by atoms with Gasteiger partial charge in [0.1, 0.15) is 23.2 Å². The molecule has 0 aliphatic heterocycles. The molecule has 6 heteroatoms. The molecule has 0 aromatic heterocycles. The Labute approximate surface area is 154 Å². The normalized spacial score (nSPS) is 29.6. The van der Waals surface area contributed by atoms with E-state index in [9.17, 15) is 25.2 Å². The number of aliphatic carboxylic acids is 1. The summed E-state index contributed by atoms with van der Waals surface area (Å²) in [6.45, 7) is 5.77. The van der Waals surface area contributed by atoms with Crippen molar-refractivity contribution in [2.45, 2.75) is 65.1 Å². The van der Waals surface area contributed by atoms with Crippen LogP contribution in [0.3, 0.4) is 0 Å². The van der Waals surface area contributed by atoms with Crippen LogP contribution in [0.4, 0.5) is 0 Å². The van der Waals surface area contributed by atoms with Crippen molar-refractivity contribution in [1.82, 2.24) is 0 Å². The molecule has 0 bridgehead atoms. The number of allylic oxidation sites excluding steroid dienone is 4. The van der Waals surface area contributed by atoms with Crippen molar-refractivity contribution < 1.29 is 30.0 Å². The Bertz CT molecular complexity index is 626. The van der Waals surface area contributed by atoms with Gasteiger partial charge in [-0.25, -0.2) is 4.79 Å². The first-order chi connectivity index (χ1) is 12.2. The predicted molar refractivity (Wildman–Crippen MR) is 97.5 cm³/mol. The highest BCUT2D eigenvalue weighted by molar-refractivity contribution is 5.92. The van der Waals surface area contributed by atoms with Crippen LogP contribution < -0.4 is 0 Å². The van der Waals surface area contributed by atoms with Gasteiger partial charge >= 0.3 is 5.97 Å². The Morgan fingerprint density at radius 3 is 2.54 bits per heavy atom. The van der Waals surface area contributed by atoms with Crippen LogP contribution >= 0.6 is 0 Å². The summed E-state index contributed by atoms with van der Waals surface area (Å²) in [4.78, 5) is 11.7. The van der Waals surface area contributed by atoms with Crippen molar-refractivity contribution in [2.24, 2.45) is 11.8 Å². The van der Waals surface area contributed by atoms with E-state index in [1.165, 1.54) is 0 Å². The molecular formula is C20H30O6. The van der Waals surface area contributed by atoms with E-state index in [4.69, 9.17) is 4.74 Å². The van der Waals surface area contributed by atoms with E-state index < -0.39 is 18.2 Å². The van der Waals surface area contributed by atoms with Crippen molar-refractivity contribution in [3.8, 4) is 0 Å². The summed E-state index contributed by atoms with van der Waals surface area (Å²) in [7, 11) is 0. The molecule has 1 fully saturated rings. The maximum atomic E-state index is 11.7. The molecule has 4 N–H and O–H groups in total. The molecule has 26 heavy (non-hydrogen) atoms. The quantitative estimate of drug-likeness (QED) is 0.538. The molecule has 2 aliphatic rings. The molecule has 2 rings (SSSR count). The molecule has 0 aromatic carbocycles. The van der Waals surface area contributed by atoms with Gasteiger partial charge in [0.2, 0.25) is 0 Å². The molecule has 0 spiro atoms. The lowest BCUT2D eigenvalue weighted by molar-refractivity contribution is -0.133. The Hall–Kier alpha value is -1.79. The second kappa shape index (κ2) is 8.73. The standard InChI is InChI=1S/C20H30O6/c1-11(2)4-5-13-6-7-16(17(18(13)23)20(24)25)26-19-14(10-21)8-12(3)9-15(19)22/h4,12,14-15,19,21-23H,5-10H2,1-3H3,(H,24,25). The Kier molecular flexibility index (Phi) is 6.89. The molecular weight excluding hydrogens is 336 g/mol. The van der Waals surface area contributed by atoms with E-state index in [0.29, 0.717) is 37.7 Å². The van der Waals surface area contributed by atoms with Crippen LogP contribution in [-0.4, -0.2) is 45.2 Å². The molecule has 0 aromatic rings. The molecule has 0 heterocycles. The number of aliphatic hydroxyl groups excluding tert-OH is 3. The van der Waals surface area contributed by atoms with Crippen LogP contribution in [0, 0.1) is 11.8 Å². The third-order valence-electron chi connectivity index (χ3n) is 5.18. The maximum Gasteiger partial charge on any atom is 0.342 e. The molecule has 6 nitrogen and oxygen atoms in total. The van der Waals surface area contributed by atoms with Gasteiger partial charge in [0.15, 0.2) is 0 Å². The van der Waals surface area contributed by atoms with E-state index in [2.05, 4.69) is 0 Å². The van der Waals surface area contributed by atoms with Crippen molar-refractivity contribution in [3.63, 3.8) is 0 Å². The van der Waals surface area contributed by atoms with E-state index in [1.54, 1.807) is 0 Å². The Morgan fingerprint density at radius 2 is 1.96 bits per heavy atom. The molecule has 4 atom stereocenters. The van der Waals surface area contributed by atoms with Gasteiger partial charge in [-0.15, -0.1) is 0 Å². The van der Waals surface area contributed by atoms with Crippen LogP contribution in [0.2, 0.25) is 0 Å². The Balaban J connectivity index is 2.30. The second-order valence-electron chi connectivity index (χ2n) is 7.71. The third kappa shape index (κ3) is 4.68. The fraction of sp³-hybridized carbons (Fsp3) is 0.650. The second-order valence-corrected chi connectivity index (χ2v) is 7.71. The van der Waals surface area contributed by atoms with Crippen molar-refractivity contribution >= 4 is 5.97 Å².